The molecule has 1 heteroatoms. The minimum absolute atomic E-state index is 0.243. The molecule has 0 amide bonds. The summed E-state index contributed by atoms with van der Waals surface area (Å²) in [6.45, 7) is 9.03. The largest absolute Gasteiger partial charge is 0.106 e. The van der Waals surface area contributed by atoms with Gasteiger partial charge in [-0.1, -0.05) is 19.1 Å². The molecule has 0 spiro atoms. The van der Waals surface area contributed by atoms with Crippen molar-refractivity contribution in [2.75, 3.05) is 13.3 Å². The van der Waals surface area contributed by atoms with Gasteiger partial charge in [0, 0.05) is 0 Å². The van der Waals surface area contributed by atoms with Gasteiger partial charge in [0.1, 0.15) is 0 Å². The molecule has 0 N–H and O–H groups in total. The summed E-state index contributed by atoms with van der Waals surface area (Å²) in [4.78, 5) is 0. The molecule has 0 rings (SSSR count). The summed E-state index contributed by atoms with van der Waals surface area (Å²) < 4.78 is 0. The lowest BCUT2D eigenvalue weighted by Gasteiger charge is -2.13. The highest BCUT2D eigenvalue weighted by atomic mass is 31.1. The predicted molar refractivity (Wildman–Crippen MR) is 47.7 cm³/mol. The van der Waals surface area contributed by atoms with Crippen molar-refractivity contribution in [3.8, 4) is 0 Å². The van der Waals surface area contributed by atoms with E-state index in [2.05, 4.69) is 39.3 Å². The topological polar surface area (TPSA) is 0 Å². The molecule has 0 radical (unpaired) electrons. The summed E-state index contributed by atoms with van der Waals surface area (Å²) in [5.41, 5.74) is 0.852. The molecule has 0 fully saturated rings. The van der Waals surface area contributed by atoms with Crippen molar-refractivity contribution in [1.29, 1.82) is 0 Å². The lowest BCUT2D eigenvalue weighted by atomic mass is 10.3. The number of hydrogen-bond donors (Lipinski definition) is 0. The number of allylic oxidation sites excluding steroid dienone is 2. The Labute approximate surface area is 60.1 Å². The van der Waals surface area contributed by atoms with Gasteiger partial charge >= 0.3 is 0 Å². The van der Waals surface area contributed by atoms with Crippen molar-refractivity contribution in [3.05, 3.63) is 12.2 Å². The second-order valence-electron chi connectivity index (χ2n) is 2.46. The van der Waals surface area contributed by atoms with E-state index in [1.165, 1.54) is 6.42 Å². The lowest BCUT2D eigenvalue weighted by molar-refractivity contribution is 0.964. The zero-order valence-corrected chi connectivity index (χ0v) is 7.78. The molecular formula is C8H17P. The molecule has 0 aromatic carbocycles. The van der Waals surface area contributed by atoms with E-state index in [4.69, 9.17) is 0 Å². The smallest absolute Gasteiger partial charge is 0.00373 e. The van der Waals surface area contributed by atoms with E-state index in [1.54, 1.807) is 0 Å². The van der Waals surface area contributed by atoms with Crippen LogP contribution in [0.4, 0.5) is 0 Å². The normalized spacial score (nSPS) is 15.2. The summed E-state index contributed by atoms with van der Waals surface area (Å²) >= 11 is 0. The maximum absolute atomic E-state index is 2.34. The van der Waals surface area contributed by atoms with Gasteiger partial charge in [-0.05, 0) is 32.3 Å². The van der Waals surface area contributed by atoms with Gasteiger partial charge in [0.25, 0.3) is 0 Å². The minimum Gasteiger partial charge on any atom is -0.106 e. The molecule has 0 aromatic heterocycles. The average Bonchev–Trinajstić information content (AvgIpc) is 1.82. The van der Waals surface area contributed by atoms with E-state index in [0.29, 0.717) is 0 Å². The molecule has 0 heterocycles. The van der Waals surface area contributed by atoms with Crippen LogP contribution < -0.4 is 0 Å². The van der Waals surface area contributed by atoms with E-state index in [0.717, 1.165) is 5.66 Å². The van der Waals surface area contributed by atoms with Crippen LogP contribution in [0, 0.1) is 0 Å². The lowest BCUT2D eigenvalue weighted by Crippen LogP contribution is -1.96. The Hall–Kier alpha value is 0.170. The van der Waals surface area contributed by atoms with Gasteiger partial charge < -0.3 is 0 Å². The number of hydrogen-bond acceptors (Lipinski definition) is 0. The van der Waals surface area contributed by atoms with Crippen molar-refractivity contribution >= 4 is 7.92 Å². The Morgan fingerprint density at radius 2 is 2.00 bits per heavy atom. The summed E-state index contributed by atoms with van der Waals surface area (Å²) in [6, 6.07) is 0. The van der Waals surface area contributed by atoms with Crippen LogP contribution in [0.2, 0.25) is 0 Å². The van der Waals surface area contributed by atoms with Crippen molar-refractivity contribution in [3.63, 3.8) is 0 Å². The second-order valence-corrected chi connectivity index (χ2v) is 5.06. The molecular weight excluding hydrogens is 127 g/mol. The number of rotatable bonds is 3. The maximum atomic E-state index is 2.34. The third-order valence-corrected chi connectivity index (χ3v) is 3.36. The SMILES string of the molecule is CC=CC(CC)P(C)C. The molecule has 1 unspecified atom stereocenters. The van der Waals surface area contributed by atoms with Gasteiger partial charge in [-0.25, -0.2) is 0 Å². The van der Waals surface area contributed by atoms with Crippen LogP contribution in [-0.2, 0) is 0 Å². The molecule has 1 atom stereocenters. The third-order valence-electron chi connectivity index (χ3n) is 1.50. The first kappa shape index (κ1) is 9.17. The fraction of sp³-hybridized carbons (Fsp3) is 0.750. The average molecular weight is 144 g/mol. The first-order chi connectivity index (χ1) is 4.22. The first-order valence-corrected chi connectivity index (χ1v) is 5.82. The van der Waals surface area contributed by atoms with Gasteiger partial charge in [0.05, 0.1) is 0 Å². The van der Waals surface area contributed by atoms with Crippen LogP contribution in [0.15, 0.2) is 12.2 Å². The van der Waals surface area contributed by atoms with Crippen LogP contribution in [0.1, 0.15) is 20.3 Å². The van der Waals surface area contributed by atoms with Crippen molar-refractivity contribution in [2.24, 2.45) is 0 Å². The Kier molecular flexibility index (Phi) is 5.09. The minimum atomic E-state index is 0.243. The van der Waals surface area contributed by atoms with Crippen LogP contribution >= 0.6 is 7.92 Å². The Bertz CT molecular complexity index is 84.6. The fourth-order valence-electron chi connectivity index (χ4n) is 0.896. The monoisotopic (exact) mass is 144 g/mol. The molecule has 0 aliphatic carbocycles. The molecule has 0 aromatic rings. The van der Waals surface area contributed by atoms with Crippen molar-refractivity contribution < 1.29 is 0 Å². The quantitative estimate of drug-likeness (QED) is 0.422. The van der Waals surface area contributed by atoms with E-state index in [9.17, 15) is 0 Å². The van der Waals surface area contributed by atoms with E-state index >= 15 is 0 Å². The second kappa shape index (κ2) is 4.99. The van der Waals surface area contributed by atoms with E-state index < -0.39 is 0 Å². The third kappa shape index (κ3) is 3.70. The van der Waals surface area contributed by atoms with Crippen LogP contribution in [0.25, 0.3) is 0 Å². The van der Waals surface area contributed by atoms with E-state index in [-0.39, 0.29) is 7.92 Å². The molecule has 0 aliphatic rings. The highest BCUT2D eigenvalue weighted by molar-refractivity contribution is 7.56. The van der Waals surface area contributed by atoms with Crippen molar-refractivity contribution in [1.82, 2.24) is 0 Å². The molecule has 0 nitrogen and oxygen atoms in total. The zero-order valence-electron chi connectivity index (χ0n) is 6.89. The molecule has 54 valence electrons. The first-order valence-electron chi connectivity index (χ1n) is 3.51. The van der Waals surface area contributed by atoms with Crippen molar-refractivity contribution in [2.45, 2.75) is 25.9 Å². The standard InChI is InChI=1S/C8H17P/c1-5-7-8(6-2)9(3)4/h5,7-8H,6H2,1-4H3. The molecule has 0 aliphatic heterocycles. The highest BCUT2D eigenvalue weighted by Gasteiger charge is 2.03. The highest BCUT2D eigenvalue weighted by Crippen LogP contribution is 2.34. The van der Waals surface area contributed by atoms with E-state index in [1.807, 2.05) is 0 Å². The van der Waals surface area contributed by atoms with Crippen LogP contribution in [-0.4, -0.2) is 19.0 Å². The Morgan fingerprint density at radius 1 is 1.44 bits per heavy atom. The maximum Gasteiger partial charge on any atom is -0.00373 e. The summed E-state index contributed by atoms with van der Waals surface area (Å²) in [5, 5.41) is 0. The van der Waals surface area contributed by atoms with Crippen LogP contribution in [0.3, 0.4) is 0 Å². The molecule has 9 heavy (non-hydrogen) atoms. The summed E-state index contributed by atoms with van der Waals surface area (Å²) in [7, 11) is 0.243. The molecule has 0 bridgehead atoms. The van der Waals surface area contributed by atoms with Gasteiger partial charge in [-0.2, -0.15) is 0 Å². The summed E-state index contributed by atoms with van der Waals surface area (Å²) in [5.74, 6) is 0. The summed E-state index contributed by atoms with van der Waals surface area (Å²) in [6.07, 6.45) is 5.78. The zero-order chi connectivity index (χ0) is 7.28. The molecule has 0 saturated heterocycles. The molecule has 0 saturated carbocycles. The van der Waals surface area contributed by atoms with Crippen LogP contribution in [0.5, 0.6) is 0 Å². The van der Waals surface area contributed by atoms with Gasteiger partial charge in [0.2, 0.25) is 0 Å². The fourth-order valence-corrected chi connectivity index (χ4v) is 2.14. The predicted octanol–water partition coefficient (Wildman–Crippen LogP) is 3.08. The Morgan fingerprint density at radius 3 is 2.11 bits per heavy atom. The van der Waals surface area contributed by atoms with Gasteiger partial charge in [0.15, 0.2) is 0 Å². The Balaban J connectivity index is 3.68. The van der Waals surface area contributed by atoms with Gasteiger partial charge in [-0.3, -0.25) is 0 Å². The van der Waals surface area contributed by atoms with Gasteiger partial charge in [-0.15, -0.1) is 7.92 Å².